The summed E-state index contributed by atoms with van der Waals surface area (Å²) in [6.45, 7) is 0. The number of hydrogen-bond donors (Lipinski definition) is 2. The minimum atomic E-state index is -0.673. The first-order valence-electron chi connectivity index (χ1n) is 6.20. The molecule has 0 saturated carbocycles. The second-order valence-corrected chi connectivity index (χ2v) is 5.98. The molecule has 0 aliphatic rings. The van der Waals surface area contributed by atoms with Gasteiger partial charge in [-0.05, 0) is 35.4 Å². The van der Waals surface area contributed by atoms with Gasteiger partial charge in [-0.15, -0.1) is 11.6 Å². The zero-order valence-electron chi connectivity index (χ0n) is 10.7. The Labute approximate surface area is 132 Å². The van der Waals surface area contributed by atoms with Gasteiger partial charge in [0.15, 0.2) is 0 Å². The lowest BCUT2D eigenvalue weighted by Gasteiger charge is -2.11. The van der Waals surface area contributed by atoms with Crippen molar-refractivity contribution in [3.05, 3.63) is 78.8 Å². The van der Waals surface area contributed by atoms with Crippen LogP contribution >= 0.6 is 27.5 Å². The largest absolute Gasteiger partial charge is 0.316 e. The maximum absolute atomic E-state index is 11.4. The molecule has 106 valence electrons. The van der Waals surface area contributed by atoms with E-state index in [1.165, 1.54) is 0 Å². The topological polar surface area (TPSA) is 65.7 Å². The average molecular weight is 366 g/mol. The maximum atomic E-state index is 11.4. The third kappa shape index (κ3) is 2.80. The minimum absolute atomic E-state index is 0.345. The van der Waals surface area contributed by atoms with Gasteiger partial charge in [-0.3, -0.25) is 9.59 Å². The third-order valence-electron chi connectivity index (χ3n) is 3.18. The Morgan fingerprint density at radius 2 is 1.57 bits per heavy atom. The lowest BCUT2D eigenvalue weighted by Crippen LogP contribution is -2.28. The fourth-order valence-electron chi connectivity index (χ4n) is 2.15. The van der Waals surface area contributed by atoms with Crippen molar-refractivity contribution in [2.24, 2.45) is 0 Å². The van der Waals surface area contributed by atoms with E-state index in [0.29, 0.717) is 11.0 Å². The highest BCUT2D eigenvalue weighted by Gasteiger charge is 2.12. The number of nitrogens with one attached hydrogen (secondary N) is 2. The number of rotatable bonds is 2. The van der Waals surface area contributed by atoms with E-state index in [4.69, 9.17) is 11.6 Å². The normalized spacial score (nSPS) is 12.5. The van der Waals surface area contributed by atoms with E-state index in [2.05, 4.69) is 25.9 Å². The van der Waals surface area contributed by atoms with E-state index in [-0.39, 0.29) is 5.38 Å². The van der Waals surface area contributed by atoms with Gasteiger partial charge in [0.25, 0.3) is 0 Å². The van der Waals surface area contributed by atoms with E-state index in [9.17, 15) is 9.59 Å². The summed E-state index contributed by atoms with van der Waals surface area (Å²) in [7, 11) is 0. The molecular formula is C15H10BrClN2O2. The summed E-state index contributed by atoms with van der Waals surface area (Å²) < 4.78 is 0.948. The Balaban J connectivity index is 2.10. The molecule has 1 aromatic heterocycles. The predicted octanol–water partition coefficient (Wildman–Crippen LogP) is 3.31. The molecule has 2 N–H and O–H groups in total. The van der Waals surface area contributed by atoms with Gasteiger partial charge in [0, 0.05) is 4.47 Å². The van der Waals surface area contributed by atoms with Crippen LogP contribution in [0.15, 0.2) is 56.5 Å². The van der Waals surface area contributed by atoms with Gasteiger partial charge in [0.05, 0.1) is 16.4 Å². The van der Waals surface area contributed by atoms with Crippen molar-refractivity contribution in [2.45, 2.75) is 5.38 Å². The lowest BCUT2D eigenvalue weighted by molar-refractivity contribution is 1.11. The van der Waals surface area contributed by atoms with Crippen LogP contribution in [-0.4, -0.2) is 9.97 Å². The lowest BCUT2D eigenvalue weighted by atomic mass is 10.0. The molecule has 21 heavy (non-hydrogen) atoms. The maximum Gasteiger partial charge on any atom is 0.314 e. The van der Waals surface area contributed by atoms with E-state index < -0.39 is 11.1 Å². The third-order valence-corrected chi connectivity index (χ3v) is 4.18. The van der Waals surface area contributed by atoms with Crippen LogP contribution in [0.4, 0.5) is 0 Å². The van der Waals surface area contributed by atoms with Gasteiger partial charge < -0.3 is 9.97 Å². The number of alkyl halides is 1. The molecule has 6 heteroatoms. The highest BCUT2D eigenvalue weighted by atomic mass is 79.9. The zero-order chi connectivity index (χ0) is 15.0. The van der Waals surface area contributed by atoms with E-state index in [1.807, 2.05) is 30.3 Å². The van der Waals surface area contributed by atoms with E-state index >= 15 is 0 Å². The monoisotopic (exact) mass is 364 g/mol. The Bertz CT molecular complexity index is 933. The van der Waals surface area contributed by atoms with Crippen molar-refractivity contribution in [3.8, 4) is 0 Å². The van der Waals surface area contributed by atoms with E-state index in [0.717, 1.165) is 15.6 Å². The molecule has 1 unspecified atom stereocenters. The quantitative estimate of drug-likeness (QED) is 0.540. The minimum Gasteiger partial charge on any atom is -0.316 e. The Kier molecular flexibility index (Phi) is 3.69. The molecular weight excluding hydrogens is 356 g/mol. The molecule has 0 aliphatic carbocycles. The highest BCUT2D eigenvalue weighted by Crippen LogP contribution is 2.31. The van der Waals surface area contributed by atoms with Gasteiger partial charge >= 0.3 is 11.1 Å². The van der Waals surface area contributed by atoms with Gasteiger partial charge in [0.1, 0.15) is 0 Å². The molecule has 0 saturated heterocycles. The molecule has 0 fully saturated rings. The molecule has 2 aromatic carbocycles. The van der Waals surface area contributed by atoms with Crippen LogP contribution in [0.2, 0.25) is 0 Å². The second-order valence-electron chi connectivity index (χ2n) is 4.63. The highest BCUT2D eigenvalue weighted by molar-refractivity contribution is 9.10. The van der Waals surface area contributed by atoms with Gasteiger partial charge in [0.2, 0.25) is 0 Å². The summed E-state index contributed by atoms with van der Waals surface area (Å²) >= 11 is 9.90. The van der Waals surface area contributed by atoms with Crippen LogP contribution in [-0.2, 0) is 0 Å². The predicted molar refractivity (Wildman–Crippen MR) is 87.0 cm³/mol. The number of halogens is 2. The molecule has 3 aromatic rings. The van der Waals surface area contributed by atoms with Crippen LogP contribution in [0.5, 0.6) is 0 Å². The van der Waals surface area contributed by atoms with Crippen LogP contribution in [0, 0.1) is 0 Å². The van der Waals surface area contributed by atoms with Crippen molar-refractivity contribution < 1.29 is 0 Å². The van der Waals surface area contributed by atoms with E-state index in [1.54, 1.807) is 12.1 Å². The molecule has 1 heterocycles. The fourth-order valence-corrected chi connectivity index (χ4v) is 2.84. The van der Waals surface area contributed by atoms with Crippen LogP contribution in [0.25, 0.3) is 11.0 Å². The number of benzene rings is 2. The molecule has 3 rings (SSSR count). The zero-order valence-corrected chi connectivity index (χ0v) is 13.0. The smallest absolute Gasteiger partial charge is 0.314 e. The number of fused-ring (bicyclic) bond motifs is 1. The summed E-state index contributed by atoms with van der Waals surface area (Å²) in [5, 5.41) is -0.345. The van der Waals surface area contributed by atoms with Crippen molar-refractivity contribution in [3.63, 3.8) is 0 Å². The second kappa shape index (κ2) is 5.50. The number of aromatic nitrogens is 2. The molecule has 0 aliphatic heterocycles. The summed E-state index contributed by atoms with van der Waals surface area (Å²) in [5.74, 6) is 0. The summed E-state index contributed by atoms with van der Waals surface area (Å²) in [6, 6.07) is 13.0. The molecule has 0 amide bonds. The molecule has 4 nitrogen and oxygen atoms in total. The molecule has 1 atom stereocenters. The van der Waals surface area contributed by atoms with Crippen molar-refractivity contribution in [2.75, 3.05) is 0 Å². The van der Waals surface area contributed by atoms with Gasteiger partial charge in [-0.2, -0.15) is 0 Å². The summed E-state index contributed by atoms with van der Waals surface area (Å²) in [5.41, 5.74) is 1.57. The first-order chi connectivity index (χ1) is 10.0. The summed E-state index contributed by atoms with van der Waals surface area (Å²) in [4.78, 5) is 27.7. The molecule has 0 radical (unpaired) electrons. The van der Waals surface area contributed by atoms with Crippen LogP contribution < -0.4 is 11.1 Å². The Hall–Kier alpha value is -1.85. The SMILES string of the molecule is O=c1[nH]c2ccc(C(Cl)c3cccc(Br)c3)cc2[nH]c1=O. The number of aromatic amines is 2. The van der Waals surface area contributed by atoms with Gasteiger partial charge in [-0.1, -0.05) is 34.1 Å². The Morgan fingerprint density at radius 1 is 0.905 bits per heavy atom. The molecule has 0 spiro atoms. The van der Waals surface area contributed by atoms with Crippen molar-refractivity contribution in [1.82, 2.24) is 9.97 Å². The van der Waals surface area contributed by atoms with Crippen molar-refractivity contribution in [1.29, 1.82) is 0 Å². The van der Waals surface area contributed by atoms with Crippen molar-refractivity contribution >= 4 is 38.6 Å². The fraction of sp³-hybridized carbons (Fsp3) is 0.0667. The standard InChI is InChI=1S/C15H10BrClN2O2/c16-10-3-1-2-8(6-10)13(17)9-4-5-11-12(7-9)19-15(21)14(20)18-11/h1-7,13H,(H,18,20)(H,19,21). The average Bonchev–Trinajstić information content (AvgIpc) is 2.47. The number of hydrogen-bond acceptors (Lipinski definition) is 2. The van der Waals surface area contributed by atoms with Gasteiger partial charge in [-0.25, -0.2) is 0 Å². The number of H-pyrrole nitrogens is 2. The first-order valence-corrected chi connectivity index (χ1v) is 7.43. The first kappa shape index (κ1) is 14.1. The van der Waals surface area contributed by atoms with Crippen LogP contribution in [0.3, 0.4) is 0 Å². The molecule has 0 bridgehead atoms. The van der Waals surface area contributed by atoms with Crippen LogP contribution in [0.1, 0.15) is 16.5 Å². The summed E-state index contributed by atoms with van der Waals surface area (Å²) in [6.07, 6.45) is 0. The Morgan fingerprint density at radius 3 is 2.29 bits per heavy atom.